The lowest BCUT2D eigenvalue weighted by Gasteiger charge is -2.32. The van der Waals surface area contributed by atoms with Gasteiger partial charge in [0.15, 0.2) is 0 Å². The van der Waals surface area contributed by atoms with E-state index in [0.29, 0.717) is 12.8 Å². The average Bonchev–Trinajstić information content (AvgIpc) is 2.85. The fourth-order valence-corrected chi connectivity index (χ4v) is 5.54. The van der Waals surface area contributed by atoms with Gasteiger partial charge in [-0.1, -0.05) is 57.8 Å². The van der Waals surface area contributed by atoms with Crippen LogP contribution < -0.4 is 0 Å². The fraction of sp³-hybridized carbons (Fsp3) is 0.889. The Hall–Kier alpha value is -1.59. The molecule has 3 saturated carbocycles. The quantitative estimate of drug-likeness (QED) is 0.296. The van der Waals surface area contributed by atoms with Gasteiger partial charge >= 0.3 is 17.9 Å². The van der Waals surface area contributed by atoms with Crippen molar-refractivity contribution < 1.29 is 28.6 Å². The number of hydrogen-bond donors (Lipinski definition) is 0. The lowest BCUT2D eigenvalue weighted by atomic mass is 9.89. The second kappa shape index (κ2) is 13.3. The van der Waals surface area contributed by atoms with Crippen LogP contribution in [-0.4, -0.2) is 36.7 Å². The van der Waals surface area contributed by atoms with E-state index in [1.165, 1.54) is 19.3 Å². The summed E-state index contributed by atoms with van der Waals surface area (Å²) in [6.07, 6.45) is 16.3. The van der Waals surface area contributed by atoms with Crippen LogP contribution in [0.4, 0.5) is 0 Å². The molecule has 0 bridgehead atoms. The van der Waals surface area contributed by atoms with Crippen LogP contribution in [0.3, 0.4) is 0 Å². The van der Waals surface area contributed by atoms with E-state index < -0.39 is 5.60 Å². The number of esters is 3. The highest BCUT2D eigenvalue weighted by Gasteiger charge is 2.34. The average molecular weight is 465 g/mol. The van der Waals surface area contributed by atoms with Crippen molar-refractivity contribution in [2.45, 2.75) is 122 Å². The third-order valence-corrected chi connectivity index (χ3v) is 7.91. The van der Waals surface area contributed by atoms with Gasteiger partial charge in [0.05, 0.1) is 31.0 Å². The van der Waals surface area contributed by atoms with Gasteiger partial charge < -0.3 is 14.2 Å². The molecule has 3 rings (SSSR count). The van der Waals surface area contributed by atoms with E-state index in [1.54, 1.807) is 0 Å². The molecule has 0 radical (unpaired) electrons. The van der Waals surface area contributed by atoms with Crippen molar-refractivity contribution >= 4 is 17.9 Å². The van der Waals surface area contributed by atoms with Crippen molar-refractivity contribution in [3.8, 4) is 0 Å². The molecule has 0 N–H and O–H groups in total. The van der Waals surface area contributed by atoms with E-state index in [2.05, 4.69) is 0 Å². The minimum Gasteiger partial charge on any atom is -0.465 e. The molecule has 0 saturated heterocycles. The maximum Gasteiger partial charge on any atom is 0.309 e. The Morgan fingerprint density at radius 2 is 0.909 bits per heavy atom. The molecule has 188 valence electrons. The van der Waals surface area contributed by atoms with Crippen molar-refractivity contribution in [3.05, 3.63) is 0 Å². The molecule has 0 unspecified atom stereocenters. The van der Waals surface area contributed by atoms with Crippen LogP contribution in [-0.2, 0) is 28.6 Å². The number of rotatable bonds is 10. The predicted molar refractivity (Wildman–Crippen MR) is 125 cm³/mol. The molecule has 0 aromatic rings. The summed E-state index contributed by atoms with van der Waals surface area (Å²) in [6, 6.07) is 0. The molecule has 0 spiro atoms. The molecule has 0 aromatic heterocycles. The van der Waals surface area contributed by atoms with Gasteiger partial charge in [-0.3, -0.25) is 14.4 Å². The summed E-state index contributed by atoms with van der Waals surface area (Å²) in [5, 5.41) is 0. The highest BCUT2D eigenvalue weighted by molar-refractivity contribution is 5.73. The van der Waals surface area contributed by atoms with E-state index in [4.69, 9.17) is 14.2 Å². The predicted octanol–water partition coefficient (Wildman–Crippen LogP) is 5.90. The Bertz CT molecular complexity index is 591. The van der Waals surface area contributed by atoms with Crippen LogP contribution in [0.15, 0.2) is 0 Å². The molecule has 3 aliphatic carbocycles. The van der Waals surface area contributed by atoms with Gasteiger partial charge in [-0.25, -0.2) is 0 Å². The van der Waals surface area contributed by atoms with E-state index in [9.17, 15) is 14.4 Å². The second-order valence-electron chi connectivity index (χ2n) is 10.7. The number of carbonyl (C=O) groups is 3. The normalized spacial score (nSPS) is 21.4. The zero-order chi connectivity index (χ0) is 23.5. The SMILES string of the molecule is CC(CCOC(=O)C1CCCCC1)(CCOC(=O)C1CCCCC1)OC(=O)C1CCCCC1. The number of hydrogen-bond acceptors (Lipinski definition) is 6. The van der Waals surface area contributed by atoms with Gasteiger partial charge in [-0.15, -0.1) is 0 Å². The highest BCUT2D eigenvalue weighted by atomic mass is 16.6. The van der Waals surface area contributed by atoms with E-state index >= 15 is 0 Å². The molecule has 6 nitrogen and oxygen atoms in total. The molecule has 0 heterocycles. The van der Waals surface area contributed by atoms with Crippen LogP contribution >= 0.6 is 0 Å². The zero-order valence-corrected chi connectivity index (χ0v) is 20.6. The molecular weight excluding hydrogens is 420 g/mol. The largest absolute Gasteiger partial charge is 0.465 e. The maximum absolute atomic E-state index is 12.9. The summed E-state index contributed by atoms with van der Waals surface area (Å²) in [4.78, 5) is 37.7. The zero-order valence-electron chi connectivity index (χ0n) is 20.6. The van der Waals surface area contributed by atoms with Gasteiger partial charge in [0.2, 0.25) is 0 Å². The van der Waals surface area contributed by atoms with Crippen LogP contribution in [0.25, 0.3) is 0 Å². The Morgan fingerprint density at radius 1 is 0.576 bits per heavy atom. The van der Waals surface area contributed by atoms with Gasteiger partial charge in [-0.05, 0) is 45.4 Å². The fourth-order valence-electron chi connectivity index (χ4n) is 5.54. The summed E-state index contributed by atoms with van der Waals surface area (Å²) in [5.74, 6) is -0.446. The lowest BCUT2D eigenvalue weighted by Crippen LogP contribution is -2.38. The van der Waals surface area contributed by atoms with E-state index in [1.807, 2.05) is 6.92 Å². The van der Waals surface area contributed by atoms with E-state index in [0.717, 1.165) is 77.0 Å². The summed E-state index contributed by atoms with van der Waals surface area (Å²) in [5.41, 5.74) is -0.811. The monoisotopic (exact) mass is 464 g/mol. The molecule has 6 heteroatoms. The summed E-state index contributed by atoms with van der Waals surface area (Å²) in [6.45, 7) is 2.33. The van der Waals surface area contributed by atoms with Crippen molar-refractivity contribution in [1.82, 2.24) is 0 Å². The van der Waals surface area contributed by atoms with Crippen LogP contribution in [0, 0.1) is 17.8 Å². The first-order valence-electron chi connectivity index (χ1n) is 13.5. The second-order valence-corrected chi connectivity index (χ2v) is 10.7. The third-order valence-electron chi connectivity index (χ3n) is 7.91. The Morgan fingerprint density at radius 3 is 1.27 bits per heavy atom. The van der Waals surface area contributed by atoms with Gasteiger partial charge in [-0.2, -0.15) is 0 Å². The minimum atomic E-state index is -0.811. The van der Waals surface area contributed by atoms with Crippen molar-refractivity contribution in [1.29, 1.82) is 0 Å². The summed E-state index contributed by atoms with van der Waals surface area (Å²) in [7, 11) is 0. The lowest BCUT2D eigenvalue weighted by molar-refractivity contribution is -0.170. The standard InChI is InChI=1S/C27H44O6/c1-27(33-26(30)23-15-9-4-10-16-23,17-19-31-24(28)21-11-5-2-6-12-21)18-20-32-25(29)22-13-7-3-8-14-22/h21-23H,2-20H2,1H3. The topological polar surface area (TPSA) is 78.9 Å². The van der Waals surface area contributed by atoms with Gasteiger partial charge in [0, 0.05) is 12.8 Å². The Labute approximate surface area is 199 Å². The third kappa shape index (κ3) is 8.60. The van der Waals surface area contributed by atoms with Gasteiger partial charge in [0.25, 0.3) is 0 Å². The molecule has 3 fully saturated rings. The van der Waals surface area contributed by atoms with Crippen molar-refractivity contribution in [2.24, 2.45) is 17.8 Å². The molecule has 0 amide bonds. The van der Waals surface area contributed by atoms with Crippen molar-refractivity contribution in [3.63, 3.8) is 0 Å². The molecular formula is C27H44O6. The number of ether oxygens (including phenoxy) is 3. The summed E-state index contributed by atoms with van der Waals surface area (Å²) < 4.78 is 17.2. The first-order chi connectivity index (χ1) is 16.0. The summed E-state index contributed by atoms with van der Waals surface area (Å²) >= 11 is 0. The molecule has 0 atom stereocenters. The molecule has 3 aliphatic rings. The van der Waals surface area contributed by atoms with E-state index in [-0.39, 0.29) is 48.9 Å². The van der Waals surface area contributed by atoms with Crippen LogP contribution in [0.5, 0.6) is 0 Å². The molecule has 0 aromatic carbocycles. The first-order valence-corrected chi connectivity index (χ1v) is 13.5. The Kier molecular flexibility index (Phi) is 10.5. The number of carbonyl (C=O) groups excluding carboxylic acids is 3. The smallest absolute Gasteiger partial charge is 0.309 e. The minimum absolute atomic E-state index is 0.00578. The maximum atomic E-state index is 12.9. The first kappa shape index (κ1) is 26.0. The van der Waals surface area contributed by atoms with Crippen LogP contribution in [0.2, 0.25) is 0 Å². The highest BCUT2D eigenvalue weighted by Crippen LogP contribution is 2.30. The van der Waals surface area contributed by atoms with Crippen molar-refractivity contribution in [2.75, 3.05) is 13.2 Å². The molecule has 0 aliphatic heterocycles. The van der Waals surface area contributed by atoms with Crippen LogP contribution in [0.1, 0.15) is 116 Å². The molecule has 33 heavy (non-hydrogen) atoms. The Balaban J connectivity index is 1.50. The van der Waals surface area contributed by atoms with Gasteiger partial charge in [0.1, 0.15) is 5.60 Å².